The third-order valence-electron chi connectivity index (χ3n) is 3.71. The lowest BCUT2D eigenvalue weighted by Crippen LogP contribution is -2.51. The van der Waals surface area contributed by atoms with E-state index in [4.69, 9.17) is 5.73 Å². The van der Waals surface area contributed by atoms with Gasteiger partial charge in [0.25, 0.3) is 0 Å². The molecule has 0 saturated carbocycles. The summed E-state index contributed by atoms with van der Waals surface area (Å²) in [6, 6.07) is 7.28. The van der Waals surface area contributed by atoms with Crippen LogP contribution < -0.4 is 25.2 Å². The number of halogens is 1. The van der Waals surface area contributed by atoms with Gasteiger partial charge in [0.05, 0.1) is 6.04 Å². The van der Waals surface area contributed by atoms with Crippen molar-refractivity contribution in [2.24, 2.45) is 11.7 Å². The minimum absolute atomic E-state index is 0.0706. The maximum absolute atomic E-state index is 12.6. The van der Waals surface area contributed by atoms with E-state index in [-0.39, 0.29) is 17.7 Å². The molecule has 144 valence electrons. The monoisotopic (exact) mass is 475 g/mol. The number of amides is 4. The molecule has 9 heteroatoms. The first-order valence-corrected chi connectivity index (χ1v) is 9.48. The van der Waals surface area contributed by atoms with E-state index >= 15 is 0 Å². The van der Waals surface area contributed by atoms with Crippen LogP contribution in [-0.4, -0.2) is 36.5 Å². The van der Waals surface area contributed by atoms with Crippen molar-refractivity contribution in [2.45, 2.75) is 38.8 Å². The molecule has 6 N–H and O–H groups in total. The Labute approximate surface area is 167 Å². The Morgan fingerprint density at radius 1 is 1.12 bits per heavy atom. The van der Waals surface area contributed by atoms with Crippen molar-refractivity contribution in [3.05, 3.63) is 30.3 Å². The molecule has 0 unspecified atom stereocenters. The molecule has 26 heavy (non-hydrogen) atoms. The zero-order valence-corrected chi connectivity index (χ0v) is 17.1. The summed E-state index contributed by atoms with van der Waals surface area (Å²) in [5, 5.41) is 8.07. The second-order valence-corrected chi connectivity index (χ2v) is 6.80. The highest BCUT2D eigenvalue weighted by molar-refractivity contribution is 14.1. The summed E-state index contributed by atoms with van der Waals surface area (Å²) in [6.07, 6.45) is 0.872. The van der Waals surface area contributed by atoms with E-state index in [0.717, 1.165) is 0 Å². The van der Waals surface area contributed by atoms with Gasteiger partial charge in [-0.15, -0.1) is 0 Å². The highest BCUT2D eigenvalue weighted by Gasteiger charge is 2.26. The average molecular weight is 475 g/mol. The van der Waals surface area contributed by atoms with Crippen LogP contribution in [0.25, 0.3) is 0 Å². The fourth-order valence-corrected chi connectivity index (χ4v) is 3.28. The van der Waals surface area contributed by atoms with Crippen LogP contribution in [0.1, 0.15) is 26.7 Å². The molecule has 0 heterocycles. The summed E-state index contributed by atoms with van der Waals surface area (Å²) in [5.74, 6) is -0.480. The van der Waals surface area contributed by atoms with Crippen LogP contribution in [0.15, 0.2) is 30.3 Å². The Bertz CT molecular complexity index is 597. The smallest absolute Gasteiger partial charge is 0.312 e. The molecule has 0 aromatic heterocycles. The number of benzene rings is 1. The van der Waals surface area contributed by atoms with Crippen LogP contribution in [0.4, 0.5) is 10.5 Å². The number of para-hydroxylation sites is 1. The standard InChI is InChI=1S/C17H26IN5O3/c1-11(2)14(23-18)16(25)22-13(9-6-10-20-17(19)26)15(24)21-12-7-4-3-5-8-12/h3-5,7-8,11,13-14,23H,6,9-10H2,1-2H3,(H,21,24)(H,22,25)(H3,19,20,26)/t13-,14-/m0/s1. The van der Waals surface area contributed by atoms with E-state index in [9.17, 15) is 14.4 Å². The third-order valence-corrected chi connectivity index (χ3v) is 4.38. The summed E-state index contributed by atoms with van der Waals surface area (Å²) in [6.45, 7) is 4.18. The second-order valence-electron chi connectivity index (χ2n) is 6.18. The molecule has 8 nitrogen and oxygen atoms in total. The van der Waals surface area contributed by atoms with E-state index in [1.807, 2.05) is 54.9 Å². The maximum atomic E-state index is 12.6. The molecule has 1 aromatic rings. The quantitative estimate of drug-likeness (QED) is 0.200. The van der Waals surface area contributed by atoms with E-state index < -0.39 is 18.1 Å². The van der Waals surface area contributed by atoms with Crippen LogP contribution in [0.5, 0.6) is 0 Å². The van der Waals surface area contributed by atoms with Crippen molar-refractivity contribution in [1.82, 2.24) is 14.2 Å². The zero-order valence-electron chi connectivity index (χ0n) is 14.9. The molecule has 1 rings (SSSR count). The van der Waals surface area contributed by atoms with Gasteiger partial charge in [-0.2, -0.15) is 0 Å². The van der Waals surface area contributed by atoms with Crippen molar-refractivity contribution >= 4 is 46.4 Å². The Morgan fingerprint density at radius 3 is 2.31 bits per heavy atom. The second kappa shape index (κ2) is 11.7. The number of carbonyl (C=O) groups is 3. The first-order chi connectivity index (χ1) is 12.3. The lowest BCUT2D eigenvalue weighted by atomic mass is 10.0. The van der Waals surface area contributed by atoms with Gasteiger partial charge in [-0.3, -0.25) is 9.59 Å². The highest BCUT2D eigenvalue weighted by Crippen LogP contribution is 2.09. The van der Waals surface area contributed by atoms with Crippen molar-refractivity contribution in [3.63, 3.8) is 0 Å². The Balaban J connectivity index is 2.75. The number of rotatable bonds is 10. The van der Waals surface area contributed by atoms with Crippen molar-refractivity contribution in [2.75, 3.05) is 11.9 Å². The summed E-state index contributed by atoms with van der Waals surface area (Å²) in [4.78, 5) is 35.8. The number of primary amides is 1. The molecule has 1 aromatic carbocycles. The molecule has 0 bridgehead atoms. The molecule has 0 aliphatic rings. The fourth-order valence-electron chi connectivity index (χ4n) is 2.28. The molecule has 4 amide bonds. The van der Waals surface area contributed by atoms with Gasteiger partial charge in [0.1, 0.15) is 6.04 Å². The number of hydrogen-bond acceptors (Lipinski definition) is 4. The van der Waals surface area contributed by atoms with Gasteiger partial charge in [0.2, 0.25) is 11.8 Å². The van der Waals surface area contributed by atoms with Crippen LogP contribution in [0.3, 0.4) is 0 Å². The summed E-state index contributed by atoms with van der Waals surface area (Å²) >= 11 is 1.93. The van der Waals surface area contributed by atoms with Gasteiger partial charge in [-0.05, 0) is 30.9 Å². The predicted molar refractivity (Wildman–Crippen MR) is 110 cm³/mol. The van der Waals surface area contributed by atoms with Crippen molar-refractivity contribution in [1.29, 1.82) is 0 Å². The van der Waals surface area contributed by atoms with E-state index in [1.165, 1.54) is 0 Å². The zero-order chi connectivity index (χ0) is 19.5. The molecule has 0 radical (unpaired) electrons. The van der Waals surface area contributed by atoms with Crippen LogP contribution in [0, 0.1) is 5.92 Å². The summed E-state index contributed by atoms with van der Waals surface area (Å²) < 4.78 is 2.93. The third kappa shape index (κ3) is 8.00. The summed E-state index contributed by atoms with van der Waals surface area (Å²) in [7, 11) is 0. The highest BCUT2D eigenvalue weighted by atomic mass is 127. The Hall–Kier alpha value is -1.88. The van der Waals surface area contributed by atoms with Gasteiger partial charge in [-0.1, -0.05) is 32.0 Å². The van der Waals surface area contributed by atoms with Crippen molar-refractivity contribution < 1.29 is 14.4 Å². The van der Waals surface area contributed by atoms with Crippen LogP contribution >= 0.6 is 22.9 Å². The van der Waals surface area contributed by atoms with Gasteiger partial charge < -0.3 is 21.7 Å². The minimum atomic E-state index is -0.719. The van der Waals surface area contributed by atoms with Crippen molar-refractivity contribution in [3.8, 4) is 0 Å². The number of anilines is 1. The minimum Gasteiger partial charge on any atom is -0.352 e. The number of nitrogens with two attached hydrogens (primary N) is 1. The first kappa shape index (κ1) is 22.2. The molecule has 2 atom stereocenters. The molecule has 0 spiro atoms. The largest absolute Gasteiger partial charge is 0.352 e. The Kier molecular flexibility index (Phi) is 9.96. The number of urea groups is 1. The van der Waals surface area contributed by atoms with Gasteiger partial charge >= 0.3 is 6.03 Å². The molecule has 0 saturated heterocycles. The molecule has 0 fully saturated rings. The first-order valence-electron chi connectivity index (χ1n) is 8.41. The van der Waals surface area contributed by atoms with E-state index in [0.29, 0.717) is 25.1 Å². The fraction of sp³-hybridized carbons (Fsp3) is 0.471. The van der Waals surface area contributed by atoms with Gasteiger partial charge in [-0.25, -0.2) is 8.32 Å². The topological polar surface area (TPSA) is 125 Å². The lowest BCUT2D eigenvalue weighted by molar-refractivity contribution is -0.128. The Morgan fingerprint density at radius 2 is 1.77 bits per heavy atom. The van der Waals surface area contributed by atoms with Crippen LogP contribution in [0.2, 0.25) is 0 Å². The number of hydrogen-bond donors (Lipinski definition) is 5. The van der Waals surface area contributed by atoms with Crippen LogP contribution in [-0.2, 0) is 9.59 Å². The maximum Gasteiger partial charge on any atom is 0.312 e. The van der Waals surface area contributed by atoms with E-state index in [1.54, 1.807) is 12.1 Å². The molecule has 0 aliphatic heterocycles. The van der Waals surface area contributed by atoms with Gasteiger partial charge in [0.15, 0.2) is 0 Å². The number of nitrogens with one attached hydrogen (secondary N) is 4. The summed E-state index contributed by atoms with van der Waals surface area (Å²) in [5.41, 5.74) is 5.69. The number of carbonyl (C=O) groups excluding carboxylic acids is 3. The van der Waals surface area contributed by atoms with E-state index in [2.05, 4.69) is 19.5 Å². The molecular formula is C17H26IN5O3. The predicted octanol–water partition coefficient (Wildman–Crippen LogP) is 1.52. The van der Waals surface area contributed by atoms with Gasteiger partial charge in [0, 0.05) is 35.1 Å². The normalized spacial score (nSPS) is 12.9. The average Bonchev–Trinajstić information content (AvgIpc) is 2.58. The molecule has 0 aliphatic carbocycles. The SMILES string of the molecule is CC(C)[C@H](NI)C(=O)N[C@@H](CCCNC(N)=O)C(=O)Nc1ccccc1. The lowest BCUT2D eigenvalue weighted by Gasteiger charge is -2.23. The molecular weight excluding hydrogens is 449 g/mol.